The number of carbonyl (C=O) groups is 1. The molecule has 0 spiro atoms. The molecule has 82 valence electrons. The molecular weight excluding hydrogens is 258 g/mol. The molecule has 0 fully saturated rings. The molecule has 0 heterocycles. The summed E-state index contributed by atoms with van der Waals surface area (Å²) in [5.74, 6) is -0.451. The number of nitrogens with two attached hydrogens (primary N) is 1. The maximum atomic E-state index is 11.2. The zero-order chi connectivity index (χ0) is 11.5. The Bertz CT molecular complexity index is 350. The first-order valence-corrected chi connectivity index (χ1v) is 5.37. The molecule has 0 aliphatic rings. The van der Waals surface area contributed by atoms with E-state index in [-0.39, 0.29) is 0 Å². The molecule has 1 aromatic carbocycles. The van der Waals surface area contributed by atoms with Gasteiger partial charge in [0.15, 0.2) is 0 Å². The Kier molecular flexibility index (Phi) is 3.88. The molecule has 1 aromatic rings. The van der Waals surface area contributed by atoms with Crippen molar-refractivity contribution >= 4 is 21.8 Å². The maximum absolute atomic E-state index is 11.2. The summed E-state index contributed by atoms with van der Waals surface area (Å²) in [6.45, 7) is 1.69. The molecule has 0 saturated heterocycles. The van der Waals surface area contributed by atoms with Gasteiger partial charge >= 0.3 is 0 Å². The molecular formula is C11H14BrNO2. The summed E-state index contributed by atoms with van der Waals surface area (Å²) in [4.78, 5) is 11.2. The summed E-state index contributed by atoms with van der Waals surface area (Å²) in [6, 6.07) is 7.72. The van der Waals surface area contributed by atoms with Crippen LogP contribution in [0.15, 0.2) is 28.7 Å². The SMILES string of the molecule is COC(C)(Cc1ccc(Br)cc1)C(N)=O. The molecule has 0 aliphatic carbocycles. The Morgan fingerprint density at radius 1 is 1.47 bits per heavy atom. The molecule has 4 heteroatoms. The third-order valence-corrected chi connectivity index (χ3v) is 2.96. The molecule has 15 heavy (non-hydrogen) atoms. The van der Waals surface area contributed by atoms with Crippen LogP contribution in [-0.2, 0) is 16.0 Å². The van der Waals surface area contributed by atoms with Crippen molar-refractivity contribution in [2.24, 2.45) is 5.73 Å². The smallest absolute Gasteiger partial charge is 0.249 e. The number of carbonyl (C=O) groups excluding carboxylic acids is 1. The van der Waals surface area contributed by atoms with Crippen molar-refractivity contribution in [3.63, 3.8) is 0 Å². The van der Waals surface area contributed by atoms with Gasteiger partial charge in [-0.2, -0.15) is 0 Å². The lowest BCUT2D eigenvalue weighted by Gasteiger charge is -2.24. The van der Waals surface area contributed by atoms with Crippen molar-refractivity contribution < 1.29 is 9.53 Å². The monoisotopic (exact) mass is 271 g/mol. The number of benzene rings is 1. The Morgan fingerprint density at radius 2 is 2.00 bits per heavy atom. The zero-order valence-electron chi connectivity index (χ0n) is 8.79. The minimum absolute atomic E-state index is 0.451. The van der Waals surface area contributed by atoms with Crippen LogP contribution in [0.2, 0.25) is 0 Å². The van der Waals surface area contributed by atoms with E-state index in [0.717, 1.165) is 10.0 Å². The number of methoxy groups -OCH3 is 1. The van der Waals surface area contributed by atoms with Crippen molar-refractivity contribution in [2.75, 3.05) is 7.11 Å². The molecule has 1 rings (SSSR count). The molecule has 0 radical (unpaired) electrons. The third kappa shape index (κ3) is 3.04. The van der Waals surface area contributed by atoms with Crippen LogP contribution in [0, 0.1) is 0 Å². The van der Waals surface area contributed by atoms with Crippen molar-refractivity contribution in [2.45, 2.75) is 18.9 Å². The van der Waals surface area contributed by atoms with Crippen LogP contribution in [0.3, 0.4) is 0 Å². The van der Waals surface area contributed by atoms with Gasteiger partial charge < -0.3 is 10.5 Å². The van der Waals surface area contributed by atoms with E-state index < -0.39 is 11.5 Å². The lowest BCUT2D eigenvalue weighted by Crippen LogP contribution is -2.44. The van der Waals surface area contributed by atoms with Gasteiger partial charge in [0.1, 0.15) is 5.60 Å². The Hall–Kier alpha value is -0.870. The number of hydrogen-bond donors (Lipinski definition) is 1. The second-order valence-electron chi connectivity index (χ2n) is 3.60. The molecule has 1 unspecified atom stereocenters. The van der Waals surface area contributed by atoms with Gasteiger partial charge in [-0.25, -0.2) is 0 Å². The number of halogens is 1. The summed E-state index contributed by atoms with van der Waals surface area (Å²) in [6.07, 6.45) is 0.478. The van der Waals surface area contributed by atoms with Crippen molar-refractivity contribution in [1.29, 1.82) is 0 Å². The summed E-state index contributed by atoms with van der Waals surface area (Å²) >= 11 is 3.35. The molecule has 0 saturated carbocycles. The van der Waals surface area contributed by atoms with E-state index >= 15 is 0 Å². The average Bonchev–Trinajstić information content (AvgIpc) is 2.21. The van der Waals surface area contributed by atoms with E-state index in [2.05, 4.69) is 15.9 Å². The average molecular weight is 272 g/mol. The molecule has 3 nitrogen and oxygen atoms in total. The highest BCUT2D eigenvalue weighted by Crippen LogP contribution is 2.18. The summed E-state index contributed by atoms with van der Waals surface area (Å²) in [7, 11) is 1.49. The van der Waals surface area contributed by atoms with Crippen molar-refractivity contribution in [3.8, 4) is 0 Å². The fourth-order valence-electron chi connectivity index (χ4n) is 1.25. The molecule has 1 amide bonds. The van der Waals surface area contributed by atoms with E-state index in [1.807, 2.05) is 24.3 Å². The Labute approximate surface area is 97.7 Å². The second kappa shape index (κ2) is 4.77. The van der Waals surface area contributed by atoms with Crippen LogP contribution in [-0.4, -0.2) is 18.6 Å². The number of primary amides is 1. The van der Waals surface area contributed by atoms with E-state index in [0.29, 0.717) is 6.42 Å². The van der Waals surface area contributed by atoms with Gasteiger partial charge in [-0.3, -0.25) is 4.79 Å². The number of rotatable bonds is 4. The summed E-state index contributed by atoms with van der Waals surface area (Å²) in [5.41, 5.74) is 5.36. The fourth-order valence-corrected chi connectivity index (χ4v) is 1.52. The van der Waals surface area contributed by atoms with Gasteiger partial charge in [0.25, 0.3) is 0 Å². The minimum atomic E-state index is -0.937. The van der Waals surface area contributed by atoms with Crippen molar-refractivity contribution in [1.82, 2.24) is 0 Å². The van der Waals surface area contributed by atoms with E-state index in [1.165, 1.54) is 7.11 Å². The van der Waals surface area contributed by atoms with Gasteiger partial charge in [-0.05, 0) is 24.6 Å². The Morgan fingerprint density at radius 3 is 2.40 bits per heavy atom. The predicted molar refractivity (Wildman–Crippen MR) is 62.5 cm³/mol. The largest absolute Gasteiger partial charge is 0.368 e. The minimum Gasteiger partial charge on any atom is -0.368 e. The van der Waals surface area contributed by atoms with Gasteiger partial charge in [0.05, 0.1) is 0 Å². The molecule has 0 bridgehead atoms. The molecule has 0 aliphatic heterocycles. The van der Waals surface area contributed by atoms with Crippen LogP contribution >= 0.6 is 15.9 Å². The first kappa shape index (κ1) is 12.2. The van der Waals surface area contributed by atoms with E-state index in [1.54, 1.807) is 6.92 Å². The topological polar surface area (TPSA) is 52.3 Å². The lowest BCUT2D eigenvalue weighted by molar-refractivity contribution is -0.137. The van der Waals surface area contributed by atoms with Crippen LogP contribution in [0.4, 0.5) is 0 Å². The quantitative estimate of drug-likeness (QED) is 0.909. The second-order valence-corrected chi connectivity index (χ2v) is 4.52. The zero-order valence-corrected chi connectivity index (χ0v) is 10.4. The first-order chi connectivity index (χ1) is 6.98. The van der Waals surface area contributed by atoms with Crippen LogP contribution < -0.4 is 5.73 Å². The summed E-state index contributed by atoms with van der Waals surface area (Å²) < 4.78 is 6.15. The van der Waals surface area contributed by atoms with Crippen molar-refractivity contribution in [3.05, 3.63) is 34.3 Å². The van der Waals surface area contributed by atoms with Gasteiger partial charge in [-0.15, -0.1) is 0 Å². The van der Waals surface area contributed by atoms with E-state index in [4.69, 9.17) is 10.5 Å². The Balaban J connectivity index is 2.84. The van der Waals surface area contributed by atoms with Crippen LogP contribution in [0.25, 0.3) is 0 Å². The van der Waals surface area contributed by atoms with Gasteiger partial charge in [0.2, 0.25) is 5.91 Å². The summed E-state index contributed by atoms with van der Waals surface area (Å²) in [5, 5.41) is 0. The highest BCUT2D eigenvalue weighted by molar-refractivity contribution is 9.10. The van der Waals surface area contributed by atoms with Crippen LogP contribution in [0.5, 0.6) is 0 Å². The number of amides is 1. The third-order valence-electron chi connectivity index (χ3n) is 2.43. The predicted octanol–water partition coefficient (Wildman–Crippen LogP) is 1.88. The number of hydrogen-bond acceptors (Lipinski definition) is 2. The standard InChI is InChI=1S/C11H14BrNO2/c1-11(15-2,10(13)14)7-8-3-5-9(12)6-4-8/h3-6H,7H2,1-2H3,(H2,13,14). The van der Waals surface area contributed by atoms with E-state index in [9.17, 15) is 4.79 Å². The highest BCUT2D eigenvalue weighted by Gasteiger charge is 2.30. The lowest BCUT2D eigenvalue weighted by atomic mass is 9.96. The van der Waals surface area contributed by atoms with Crippen LogP contribution in [0.1, 0.15) is 12.5 Å². The first-order valence-electron chi connectivity index (χ1n) is 4.57. The van der Waals surface area contributed by atoms with Gasteiger partial charge in [-0.1, -0.05) is 28.1 Å². The molecule has 1 atom stereocenters. The normalized spacial score (nSPS) is 14.6. The number of ether oxygens (including phenoxy) is 1. The fraction of sp³-hybridized carbons (Fsp3) is 0.364. The molecule has 0 aromatic heterocycles. The highest BCUT2D eigenvalue weighted by atomic mass is 79.9. The maximum Gasteiger partial charge on any atom is 0.249 e. The molecule has 2 N–H and O–H groups in total. The van der Waals surface area contributed by atoms with Gasteiger partial charge in [0, 0.05) is 18.0 Å².